The van der Waals surface area contributed by atoms with Crippen molar-refractivity contribution in [3.8, 4) is 17.2 Å². The maximum Gasteiger partial charge on any atom is 0.416 e. The first kappa shape index (κ1) is 22.0. The molecule has 154 valence electrons. The quantitative estimate of drug-likeness (QED) is 0.423. The molecule has 0 N–H and O–H groups in total. The molecule has 0 aliphatic heterocycles. The van der Waals surface area contributed by atoms with Crippen LogP contribution in [0.2, 0.25) is 0 Å². The third-order valence-corrected chi connectivity index (χ3v) is 4.23. The molecule has 0 heterocycles. The molecule has 2 aromatic carbocycles. The van der Waals surface area contributed by atoms with Gasteiger partial charge in [0.15, 0.2) is 0 Å². The number of hydrogen-bond acceptors (Lipinski definition) is 5. The van der Waals surface area contributed by atoms with Crippen molar-refractivity contribution in [2.45, 2.75) is 32.0 Å². The van der Waals surface area contributed by atoms with E-state index in [0.29, 0.717) is 30.1 Å². The fraction of sp³-hybridized carbons (Fsp3) is 0.368. The zero-order chi connectivity index (χ0) is 20.8. The van der Waals surface area contributed by atoms with Gasteiger partial charge in [-0.1, -0.05) is 0 Å². The average Bonchev–Trinajstić information content (AvgIpc) is 2.59. The van der Waals surface area contributed by atoms with Gasteiger partial charge in [0.05, 0.1) is 24.5 Å². The van der Waals surface area contributed by atoms with Gasteiger partial charge in [-0.15, -0.1) is 0 Å². The molecule has 0 aromatic heterocycles. The molecule has 1 atom stereocenters. The van der Waals surface area contributed by atoms with Crippen molar-refractivity contribution in [2.75, 3.05) is 12.9 Å². The summed E-state index contributed by atoms with van der Waals surface area (Å²) in [6, 6.07) is 11.1. The SMILES string of the molecule is CC(CCCOS(C)(=O)=O)Oc1ccc(Oc2ccc(C(F)(F)F)cc2)cc1. The maximum atomic E-state index is 12.6. The van der Waals surface area contributed by atoms with Crippen molar-refractivity contribution in [1.29, 1.82) is 0 Å². The monoisotopic (exact) mass is 418 g/mol. The minimum atomic E-state index is -4.38. The Morgan fingerprint density at radius 1 is 0.929 bits per heavy atom. The van der Waals surface area contributed by atoms with Gasteiger partial charge in [0.2, 0.25) is 0 Å². The predicted molar refractivity (Wildman–Crippen MR) is 98.1 cm³/mol. The summed E-state index contributed by atoms with van der Waals surface area (Å²) in [5.74, 6) is 1.35. The molecule has 2 aromatic rings. The molecule has 0 bridgehead atoms. The second kappa shape index (κ2) is 9.29. The summed E-state index contributed by atoms with van der Waals surface area (Å²) in [6.07, 6.45) is -2.39. The smallest absolute Gasteiger partial charge is 0.416 e. The van der Waals surface area contributed by atoms with E-state index in [9.17, 15) is 21.6 Å². The third kappa shape index (κ3) is 7.77. The Labute approximate surface area is 162 Å². The van der Waals surface area contributed by atoms with Gasteiger partial charge in [0.1, 0.15) is 17.2 Å². The van der Waals surface area contributed by atoms with Gasteiger partial charge in [-0.2, -0.15) is 21.6 Å². The van der Waals surface area contributed by atoms with E-state index < -0.39 is 21.9 Å². The van der Waals surface area contributed by atoms with Crippen LogP contribution < -0.4 is 9.47 Å². The van der Waals surface area contributed by atoms with Crippen LogP contribution in [0.5, 0.6) is 17.2 Å². The highest BCUT2D eigenvalue weighted by molar-refractivity contribution is 7.85. The van der Waals surface area contributed by atoms with Crippen LogP contribution in [0.25, 0.3) is 0 Å². The summed E-state index contributed by atoms with van der Waals surface area (Å²) in [6.45, 7) is 1.96. The Balaban J connectivity index is 1.82. The summed E-state index contributed by atoms with van der Waals surface area (Å²) < 4.78 is 75.3. The molecule has 0 saturated heterocycles. The van der Waals surface area contributed by atoms with Crippen LogP contribution in [0.1, 0.15) is 25.3 Å². The number of rotatable bonds is 9. The minimum Gasteiger partial charge on any atom is -0.491 e. The lowest BCUT2D eigenvalue weighted by atomic mass is 10.2. The van der Waals surface area contributed by atoms with Crippen LogP contribution in [0.3, 0.4) is 0 Å². The van der Waals surface area contributed by atoms with Crippen molar-refractivity contribution < 1.29 is 35.2 Å². The highest BCUT2D eigenvalue weighted by atomic mass is 32.2. The number of benzene rings is 2. The third-order valence-electron chi connectivity index (χ3n) is 3.63. The number of alkyl halides is 3. The zero-order valence-corrected chi connectivity index (χ0v) is 16.2. The molecule has 9 heteroatoms. The van der Waals surface area contributed by atoms with Gasteiger partial charge in [-0.25, -0.2) is 0 Å². The fourth-order valence-corrected chi connectivity index (χ4v) is 2.73. The summed E-state index contributed by atoms with van der Waals surface area (Å²) in [5, 5.41) is 0. The highest BCUT2D eigenvalue weighted by Crippen LogP contribution is 2.31. The summed E-state index contributed by atoms with van der Waals surface area (Å²) >= 11 is 0. The molecule has 0 fully saturated rings. The van der Waals surface area contributed by atoms with E-state index >= 15 is 0 Å². The molecule has 0 aliphatic carbocycles. The Morgan fingerprint density at radius 2 is 1.43 bits per heavy atom. The zero-order valence-electron chi connectivity index (χ0n) is 15.4. The van der Waals surface area contributed by atoms with Crippen LogP contribution in [0.15, 0.2) is 48.5 Å². The standard InChI is InChI=1S/C19H21F3O5S/c1-14(4-3-13-25-28(2,23)24)26-16-9-11-18(12-10-16)27-17-7-5-15(6-8-17)19(20,21)22/h5-12,14H,3-4,13H2,1-2H3. The lowest BCUT2D eigenvalue weighted by molar-refractivity contribution is -0.137. The van der Waals surface area contributed by atoms with Gasteiger partial charge >= 0.3 is 6.18 Å². The molecular weight excluding hydrogens is 397 g/mol. The van der Waals surface area contributed by atoms with Gasteiger partial charge in [-0.3, -0.25) is 4.18 Å². The van der Waals surface area contributed by atoms with Crippen molar-refractivity contribution in [3.05, 3.63) is 54.1 Å². The van der Waals surface area contributed by atoms with Gasteiger partial charge in [0.25, 0.3) is 10.1 Å². The Kier molecular flexibility index (Phi) is 7.31. The van der Waals surface area contributed by atoms with E-state index in [0.717, 1.165) is 18.4 Å². The molecule has 5 nitrogen and oxygen atoms in total. The molecule has 1 unspecified atom stereocenters. The number of ether oxygens (including phenoxy) is 2. The molecule has 0 aliphatic rings. The summed E-state index contributed by atoms with van der Waals surface area (Å²) in [4.78, 5) is 0. The van der Waals surface area contributed by atoms with Crippen LogP contribution in [0, 0.1) is 0 Å². The summed E-state index contributed by atoms with van der Waals surface area (Å²) in [7, 11) is -3.43. The lowest BCUT2D eigenvalue weighted by Crippen LogP contribution is -2.13. The van der Waals surface area contributed by atoms with Crippen LogP contribution >= 0.6 is 0 Å². The second-order valence-corrected chi connectivity index (χ2v) is 7.84. The fourth-order valence-electron chi connectivity index (χ4n) is 2.31. The predicted octanol–water partition coefficient (Wildman–Crippen LogP) is 5.02. The first-order valence-electron chi connectivity index (χ1n) is 8.49. The van der Waals surface area contributed by atoms with Crippen LogP contribution in [0.4, 0.5) is 13.2 Å². The highest BCUT2D eigenvalue weighted by Gasteiger charge is 2.30. The van der Waals surface area contributed by atoms with Crippen molar-refractivity contribution in [3.63, 3.8) is 0 Å². The van der Waals surface area contributed by atoms with E-state index in [1.807, 2.05) is 6.92 Å². The van der Waals surface area contributed by atoms with Crippen LogP contribution in [-0.4, -0.2) is 27.4 Å². The Morgan fingerprint density at radius 3 is 1.93 bits per heavy atom. The number of hydrogen-bond donors (Lipinski definition) is 0. The van der Waals surface area contributed by atoms with E-state index in [1.165, 1.54) is 12.1 Å². The van der Waals surface area contributed by atoms with E-state index in [1.54, 1.807) is 24.3 Å². The van der Waals surface area contributed by atoms with E-state index in [4.69, 9.17) is 9.47 Å². The minimum absolute atomic E-state index is 0.104. The molecule has 28 heavy (non-hydrogen) atoms. The Bertz CT molecular complexity index is 847. The van der Waals surface area contributed by atoms with E-state index in [-0.39, 0.29) is 12.7 Å². The normalized spacial score (nSPS) is 13.2. The average molecular weight is 418 g/mol. The van der Waals surface area contributed by atoms with Crippen LogP contribution in [-0.2, 0) is 20.5 Å². The molecule has 2 rings (SSSR count). The van der Waals surface area contributed by atoms with Crippen molar-refractivity contribution in [2.24, 2.45) is 0 Å². The number of halogens is 3. The van der Waals surface area contributed by atoms with Crippen molar-refractivity contribution in [1.82, 2.24) is 0 Å². The molecule has 0 spiro atoms. The molecule has 0 amide bonds. The van der Waals surface area contributed by atoms with Crippen molar-refractivity contribution >= 4 is 10.1 Å². The topological polar surface area (TPSA) is 61.8 Å². The molecule has 0 radical (unpaired) electrons. The van der Waals surface area contributed by atoms with E-state index in [2.05, 4.69) is 4.18 Å². The molecule has 0 saturated carbocycles. The van der Waals surface area contributed by atoms with Gasteiger partial charge in [0, 0.05) is 0 Å². The largest absolute Gasteiger partial charge is 0.491 e. The molecular formula is C19H21F3O5S. The first-order chi connectivity index (χ1) is 13.0. The second-order valence-electron chi connectivity index (χ2n) is 6.19. The Hall–Kier alpha value is -2.26. The van der Waals surface area contributed by atoms with Gasteiger partial charge in [-0.05, 0) is 68.3 Å². The first-order valence-corrected chi connectivity index (χ1v) is 10.3. The summed E-state index contributed by atoms with van der Waals surface area (Å²) in [5.41, 5.74) is -0.737. The maximum absolute atomic E-state index is 12.6. The van der Waals surface area contributed by atoms with Gasteiger partial charge < -0.3 is 9.47 Å². The lowest BCUT2D eigenvalue weighted by Gasteiger charge is -2.15.